The monoisotopic (exact) mass is 423 g/mol. The van der Waals surface area contributed by atoms with E-state index in [0.29, 0.717) is 40.1 Å². The van der Waals surface area contributed by atoms with E-state index < -0.39 is 6.04 Å². The second-order valence-electron chi connectivity index (χ2n) is 7.96. The summed E-state index contributed by atoms with van der Waals surface area (Å²) in [7, 11) is 7.26. The number of ether oxygens (including phenoxy) is 2. The number of carbonyl (C=O) groups excluding carboxylic acids is 1. The molecule has 162 valence electrons. The number of nitrogens with zero attached hydrogens (tertiary/aromatic N) is 1. The van der Waals surface area contributed by atoms with Crippen LogP contribution in [0.5, 0.6) is 11.5 Å². The maximum absolute atomic E-state index is 13.5. The highest BCUT2D eigenvalue weighted by Gasteiger charge is 2.44. The van der Waals surface area contributed by atoms with E-state index in [1.54, 1.807) is 49.5 Å². The second-order valence-corrected chi connectivity index (χ2v) is 7.96. The molecular weight excluding hydrogens is 396 g/mol. The Hall–Kier alpha value is -3.32. The predicted molar refractivity (Wildman–Crippen MR) is 117 cm³/mol. The van der Waals surface area contributed by atoms with Crippen LogP contribution < -0.4 is 19.8 Å². The molecule has 2 aromatic carbocycles. The van der Waals surface area contributed by atoms with Gasteiger partial charge >= 0.3 is 0 Å². The third-order valence-corrected chi connectivity index (χ3v) is 5.68. The van der Waals surface area contributed by atoms with Crippen molar-refractivity contribution in [1.82, 2.24) is 4.90 Å². The molecule has 3 aromatic rings. The minimum atomic E-state index is -0.606. The molecule has 7 nitrogen and oxygen atoms in total. The van der Waals surface area contributed by atoms with Crippen LogP contribution in [0.3, 0.4) is 0 Å². The number of nitrogens with one attached hydrogen (secondary N) is 1. The summed E-state index contributed by atoms with van der Waals surface area (Å²) in [5.74, 6) is 0.882. The zero-order valence-electron chi connectivity index (χ0n) is 18.2. The third kappa shape index (κ3) is 3.55. The molecular formula is C24H27N2O5+. The van der Waals surface area contributed by atoms with Crippen LogP contribution in [-0.4, -0.2) is 52.2 Å². The van der Waals surface area contributed by atoms with E-state index in [2.05, 4.69) is 14.1 Å². The van der Waals surface area contributed by atoms with Crippen LogP contribution in [0, 0.1) is 0 Å². The van der Waals surface area contributed by atoms with Crippen molar-refractivity contribution in [2.24, 2.45) is 0 Å². The van der Waals surface area contributed by atoms with Crippen molar-refractivity contribution in [2.75, 3.05) is 41.4 Å². The van der Waals surface area contributed by atoms with Crippen molar-refractivity contribution in [3.63, 3.8) is 0 Å². The molecule has 0 fully saturated rings. The summed E-state index contributed by atoms with van der Waals surface area (Å²) in [6.07, 6.45) is 0.790. The molecule has 1 amide bonds. The van der Waals surface area contributed by atoms with Gasteiger partial charge in [-0.25, -0.2) is 0 Å². The van der Waals surface area contributed by atoms with E-state index >= 15 is 0 Å². The van der Waals surface area contributed by atoms with Crippen molar-refractivity contribution in [3.8, 4) is 11.5 Å². The van der Waals surface area contributed by atoms with Crippen molar-refractivity contribution in [1.29, 1.82) is 0 Å². The number of carbonyl (C=O) groups is 1. The Bertz CT molecular complexity index is 1180. The SMILES string of the molecule is COc1cccc([C@@H]2c3c(oc4ccccc4c3=O)C(=O)N2CCC[NH+](C)C)c1OC. The van der Waals surface area contributed by atoms with Crippen LogP contribution in [0.1, 0.15) is 34.1 Å². The molecule has 31 heavy (non-hydrogen) atoms. The van der Waals surface area contributed by atoms with E-state index in [-0.39, 0.29) is 17.1 Å². The molecule has 0 aliphatic carbocycles. The van der Waals surface area contributed by atoms with E-state index in [9.17, 15) is 9.59 Å². The molecule has 0 bridgehead atoms. The molecule has 1 aliphatic heterocycles. The third-order valence-electron chi connectivity index (χ3n) is 5.68. The minimum absolute atomic E-state index is 0.107. The topological polar surface area (TPSA) is 73.4 Å². The number of hydrogen-bond acceptors (Lipinski definition) is 5. The van der Waals surface area contributed by atoms with Crippen LogP contribution >= 0.6 is 0 Å². The van der Waals surface area contributed by atoms with Gasteiger partial charge in [-0.2, -0.15) is 0 Å². The normalized spacial score (nSPS) is 15.6. The standard InChI is InChI=1S/C24H26N2O5/c1-25(2)13-8-14-26-20(16-10-7-12-18(29-3)22(16)30-4)19-21(27)15-9-5-6-11-17(15)31-23(19)24(26)28/h5-7,9-12,20H,8,13-14H2,1-4H3/p+1/t20-/m1/s1. The summed E-state index contributed by atoms with van der Waals surface area (Å²) in [6, 6.07) is 11.9. The quantitative estimate of drug-likeness (QED) is 0.628. The Morgan fingerprint density at radius 2 is 1.81 bits per heavy atom. The molecule has 0 unspecified atom stereocenters. The average Bonchev–Trinajstić information content (AvgIpc) is 3.05. The first-order valence-corrected chi connectivity index (χ1v) is 10.3. The van der Waals surface area contributed by atoms with Crippen molar-refractivity contribution in [2.45, 2.75) is 12.5 Å². The van der Waals surface area contributed by atoms with Crippen LogP contribution in [0.25, 0.3) is 11.0 Å². The molecule has 7 heteroatoms. The highest BCUT2D eigenvalue weighted by Crippen LogP contribution is 2.44. The lowest BCUT2D eigenvalue weighted by molar-refractivity contribution is -0.858. The Morgan fingerprint density at radius 3 is 2.52 bits per heavy atom. The fraction of sp³-hybridized carbons (Fsp3) is 0.333. The van der Waals surface area contributed by atoms with Gasteiger partial charge in [-0.05, 0) is 18.2 Å². The summed E-state index contributed by atoms with van der Waals surface area (Å²) < 4.78 is 17.1. The maximum Gasteiger partial charge on any atom is 0.290 e. The van der Waals surface area contributed by atoms with E-state index in [4.69, 9.17) is 13.9 Å². The molecule has 4 rings (SSSR count). The fourth-order valence-electron chi connectivity index (χ4n) is 4.25. The smallest absolute Gasteiger partial charge is 0.290 e. The van der Waals surface area contributed by atoms with Gasteiger partial charge in [-0.15, -0.1) is 0 Å². The van der Waals surface area contributed by atoms with Crippen LogP contribution in [-0.2, 0) is 0 Å². The van der Waals surface area contributed by atoms with Gasteiger partial charge in [-0.1, -0.05) is 24.3 Å². The van der Waals surface area contributed by atoms with Gasteiger partial charge in [0.05, 0.1) is 51.9 Å². The molecule has 0 saturated heterocycles. The van der Waals surface area contributed by atoms with Gasteiger partial charge in [0.2, 0.25) is 5.76 Å². The lowest BCUT2D eigenvalue weighted by atomic mass is 9.97. The van der Waals surface area contributed by atoms with Crippen LogP contribution in [0.4, 0.5) is 0 Å². The first-order valence-electron chi connectivity index (χ1n) is 10.3. The summed E-state index contributed by atoms with van der Waals surface area (Å²) >= 11 is 0. The lowest BCUT2D eigenvalue weighted by Crippen LogP contribution is -3.05. The van der Waals surface area contributed by atoms with Crippen LogP contribution in [0.15, 0.2) is 51.7 Å². The number of hydrogen-bond donors (Lipinski definition) is 1. The summed E-state index contributed by atoms with van der Waals surface area (Å²) in [5.41, 5.74) is 1.28. The number of fused-ring (bicyclic) bond motifs is 2. The first-order chi connectivity index (χ1) is 15.0. The summed E-state index contributed by atoms with van der Waals surface area (Å²) in [4.78, 5) is 29.9. The lowest BCUT2D eigenvalue weighted by Gasteiger charge is -2.27. The molecule has 1 aliphatic rings. The molecule has 2 heterocycles. The van der Waals surface area contributed by atoms with Crippen LogP contribution in [0.2, 0.25) is 0 Å². The zero-order chi connectivity index (χ0) is 22.1. The van der Waals surface area contributed by atoms with Crippen molar-refractivity contribution in [3.05, 3.63) is 69.6 Å². The first kappa shape index (κ1) is 20.9. The number of amides is 1. The summed E-state index contributed by atoms with van der Waals surface area (Å²) in [5, 5.41) is 0.459. The van der Waals surface area contributed by atoms with Gasteiger partial charge in [0.25, 0.3) is 5.91 Å². The molecule has 1 N–H and O–H groups in total. The molecule has 1 atom stereocenters. The Balaban J connectivity index is 1.93. The Labute approximate surface area is 180 Å². The van der Waals surface area contributed by atoms with Gasteiger partial charge in [0, 0.05) is 18.5 Å². The molecule has 0 saturated carbocycles. The number of rotatable bonds is 7. The Morgan fingerprint density at radius 1 is 1.03 bits per heavy atom. The fourth-order valence-corrected chi connectivity index (χ4v) is 4.25. The predicted octanol–water partition coefficient (Wildman–Crippen LogP) is 1.89. The minimum Gasteiger partial charge on any atom is -0.493 e. The number of para-hydroxylation sites is 2. The number of methoxy groups -OCH3 is 2. The van der Waals surface area contributed by atoms with E-state index in [1.807, 2.05) is 12.1 Å². The van der Waals surface area contributed by atoms with Gasteiger partial charge in [0.15, 0.2) is 16.9 Å². The van der Waals surface area contributed by atoms with Gasteiger partial charge < -0.3 is 23.7 Å². The molecule has 0 spiro atoms. The van der Waals surface area contributed by atoms with Gasteiger partial charge in [-0.3, -0.25) is 9.59 Å². The molecule has 0 radical (unpaired) electrons. The number of quaternary nitrogens is 1. The Kier molecular flexibility index (Phi) is 5.69. The second kappa shape index (κ2) is 8.43. The largest absolute Gasteiger partial charge is 0.493 e. The van der Waals surface area contributed by atoms with Crippen molar-refractivity contribution < 1.29 is 23.6 Å². The molecule has 1 aromatic heterocycles. The summed E-state index contributed by atoms with van der Waals surface area (Å²) in [6.45, 7) is 1.39. The highest BCUT2D eigenvalue weighted by molar-refractivity contribution is 5.99. The highest BCUT2D eigenvalue weighted by atomic mass is 16.5. The average molecular weight is 423 g/mol. The zero-order valence-corrected chi connectivity index (χ0v) is 18.2. The number of benzene rings is 2. The van der Waals surface area contributed by atoms with Gasteiger partial charge in [0.1, 0.15) is 5.58 Å². The van der Waals surface area contributed by atoms with E-state index in [1.165, 1.54) is 4.90 Å². The van der Waals surface area contributed by atoms with E-state index in [0.717, 1.165) is 13.0 Å². The van der Waals surface area contributed by atoms with Crippen molar-refractivity contribution >= 4 is 16.9 Å². The maximum atomic E-state index is 13.5.